The van der Waals surface area contributed by atoms with Gasteiger partial charge in [0.25, 0.3) is 0 Å². The van der Waals surface area contributed by atoms with Gasteiger partial charge in [-0.25, -0.2) is 13.5 Å². The molecule has 1 N–H and O–H groups in total. The average molecular weight is 336 g/mol. The van der Waals surface area contributed by atoms with E-state index < -0.39 is 17.2 Å². The minimum atomic E-state index is -0.999. The SMILES string of the molecule is CC(C)n1cc(C2(O)CCN(CCc3ccc(F)c(F)c3)C2)nn1. The third kappa shape index (κ3) is 3.47. The second-order valence-electron chi connectivity index (χ2n) is 6.73. The van der Waals surface area contributed by atoms with E-state index in [9.17, 15) is 13.9 Å². The molecular formula is C17H22F2N4O. The zero-order chi connectivity index (χ0) is 17.3. The number of β-amino-alcohol motifs (C(OH)–C–C–N with tert-alkyl or cyclic N) is 1. The lowest BCUT2D eigenvalue weighted by molar-refractivity contribution is 0.0418. The van der Waals surface area contributed by atoms with Gasteiger partial charge in [0.15, 0.2) is 11.6 Å². The van der Waals surface area contributed by atoms with E-state index in [1.54, 1.807) is 16.9 Å². The number of rotatable bonds is 5. The predicted molar refractivity (Wildman–Crippen MR) is 85.4 cm³/mol. The van der Waals surface area contributed by atoms with E-state index >= 15 is 0 Å². The first kappa shape index (κ1) is 17.0. The molecule has 0 spiro atoms. The maximum absolute atomic E-state index is 13.2. The fourth-order valence-electron chi connectivity index (χ4n) is 3.00. The van der Waals surface area contributed by atoms with Gasteiger partial charge in [-0.1, -0.05) is 11.3 Å². The molecule has 1 fully saturated rings. The average Bonchev–Trinajstić information content (AvgIpc) is 3.16. The molecule has 1 aromatic carbocycles. The van der Waals surface area contributed by atoms with Crippen molar-refractivity contribution in [2.45, 2.75) is 38.3 Å². The van der Waals surface area contributed by atoms with Crippen molar-refractivity contribution in [2.24, 2.45) is 0 Å². The van der Waals surface area contributed by atoms with E-state index in [1.807, 2.05) is 13.8 Å². The summed E-state index contributed by atoms with van der Waals surface area (Å²) in [7, 11) is 0. The number of halogens is 2. The molecule has 1 atom stereocenters. The van der Waals surface area contributed by atoms with Crippen molar-refractivity contribution < 1.29 is 13.9 Å². The normalized spacial score (nSPS) is 21.8. The van der Waals surface area contributed by atoms with Crippen molar-refractivity contribution in [3.63, 3.8) is 0 Å². The highest BCUT2D eigenvalue weighted by Gasteiger charge is 2.39. The molecule has 1 aliphatic rings. The zero-order valence-corrected chi connectivity index (χ0v) is 13.9. The molecule has 7 heteroatoms. The van der Waals surface area contributed by atoms with Gasteiger partial charge in [0.1, 0.15) is 11.3 Å². The number of aromatic nitrogens is 3. The molecule has 0 saturated carbocycles. The number of likely N-dealkylation sites (tertiary alicyclic amines) is 1. The van der Waals surface area contributed by atoms with Crippen molar-refractivity contribution in [2.75, 3.05) is 19.6 Å². The Hall–Kier alpha value is -1.86. The summed E-state index contributed by atoms with van der Waals surface area (Å²) in [5, 5.41) is 19.0. The summed E-state index contributed by atoms with van der Waals surface area (Å²) in [4.78, 5) is 2.11. The van der Waals surface area contributed by atoms with Crippen LogP contribution in [0.3, 0.4) is 0 Å². The van der Waals surface area contributed by atoms with Gasteiger partial charge in [0, 0.05) is 25.7 Å². The van der Waals surface area contributed by atoms with E-state index in [2.05, 4.69) is 15.2 Å². The molecule has 1 unspecified atom stereocenters. The van der Waals surface area contributed by atoms with Crippen LogP contribution < -0.4 is 0 Å². The van der Waals surface area contributed by atoms with Crippen molar-refractivity contribution in [3.05, 3.63) is 47.3 Å². The molecule has 5 nitrogen and oxygen atoms in total. The topological polar surface area (TPSA) is 54.2 Å². The van der Waals surface area contributed by atoms with E-state index in [0.29, 0.717) is 31.6 Å². The third-order valence-corrected chi connectivity index (χ3v) is 4.54. The summed E-state index contributed by atoms with van der Waals surface area (Å²) in [6.07, 6.45) is 2.98. The number of benzene rings is 1. The Morgan fingerprint density at radius 2 is 2.08 bits per heavy atom. The Kier molecular flexibility index (Phi) is 4.64. The molecular weight excluding hydrogens is 314 g/mol. The highest BCUT2D eigenvalue weighted by Crippen LogP contribution is 2.30. The number of nitrogens with zero attached hydrogens (tertiary/aromatic N) is 4. The molecule has 2 aromatic rings. The summed E-state index contributed by atoms with van der Waals surface area (Å²) in [5.74, 6) is -1.65. The fraction of sp³-hybridized carbons (Fsp3) is 0.529. The first-order valence-electron chi connectivity index (χ1n) is 8.18. The molecule has 0 bridgehead atoms. The van der Waals surface area contributed by atoms with Gasteiger partial charge in [-0.05, 0) is 44.4 Å². The van der Waals surface area contributed by atoms with Crippen LogP contribution >= 0.6 is 0 Å². The van der Waals surface area contributed by atoms with Crippen LogP contribution in [0.1, 0.15) is 37.6 Å². The molecule has 0 aliphatic carbocycles. The maximum Gasteiger partial charge on any atom is 0.159 e. The number of hydrogen-bond donors (Lipinski definition) is 1. The number of aliphatic hydroxyl groups is 1. The Balaban J connectivity index is 1.60. The minimum absolute atomic E-state index is 0.195. The summed E-state index contributed by atoms with van der Waals surface area (Å²) < 4.78 is 27.9. The molecule has 2 heterocycles. The quantitative estimate of drug-likeness (QED) is 0.910. The van der Waals surface area contributed by atoms with Crippen LogP contribution in [0.4, 0.5) is 8.78 Å². The van der Waals surface area contributed by atoms with Crippen molar-refractivity contribution in [1.29, 1.82) is 0 Å². The maximum atomic E-state index is 13.2. The lowest BCUT2D eigenvalue weighted by Gasteiger charge is -2.21. The van der Waals surface area contributed by atoms with Gasteiger partial charge in [-0.3, -0.25) is 4.90 Å². The molecule has 0 amide bonds. The van der Waals surface area contributed by atoms with Crippen LogP contribution in [0.15, 0.2) is 24.4 Å². The molecule has 1 saturated heterocycles. The van der Waals surface area contributed by atoms with E-state index in [4.69, 9.17) is 0 Å². The van der Waals surface area contributed by atoms with Crippen LogP contribution in [0.2, 0.25) is 0 Å². The van der Waals surface area contributed by atoms with E-state index in [0.717, 1.165) is 18.2 Å². The lowest BCUT2D eigenvalue weighted by Crippen LogP contribution is -2.32. The van der Waals surface area contributed by atoms with Gasteiger partial charge >= 0.3 is 0 Å². The van der Waals surface area contributed by atoms with Gasteiger partial charge < -0.3 is 5.11 Å². The van der Waals surface area contributed by atoms with Gasteiger partial charge in [0.2, 0.25) is 0 Å². The lowest BCUT2D eigenvalue weighted by atomic mass is 10.00. The van der Waals surface area contributed by atoms with E-state index in [1.165, 1.54) is 6.07 Å². The Bertz CT molecular complexity index is 718. The van der Waals surface area contributed by atoms with Crippen LogP contribution in [0.25, 0.3) is 0 Å². The predicted octanol–water partition coefficient (Wildman–Crippen LogP) is 2.27. The third-order valence-electron chi connectivity index (χ3n) is 4.54. The Morgan fingerprint density at radius 3 is 2.75 bits per heavy atom. The van der Waals surface area contributed by atoms with Crippen LogP contribution in [0, 0.1) is 11.6 Å². The first-order chi connectivity index (χ1) is 11.4. The highest BCUT2D eigenvalue weighted by molar-refractivity contribution is 5.18. The zero-order valence-electron chi connectivity index (χ0n) is 13.9. The van der Waals surface area contributed by atoms with Crippen LogP contribution in [0.5, 0.6) is 0 Å². The molecule has 1 aromatic heterocycles. The smallest absolute Gasteiger partial charge is 0.159 e. The fourth-order valence-corrected chi connectivity index (χ4v) is 3.00. The van der Waals surface area contributed by atoms with Crippen LogP contribution in [-0.2, 0) is 12.0 Å². The van der Waals surface area contributed by atoms with Gasteiger partial charge in [0.05, 0.1) is 6.20 Å². The molecule has 0 radical (unpaired) electrons. The largest absolute Gasteiger partial charge is 0.382 e. The molecule has 24 heavy (non-hydrogen) atoms. The molecule has 1 aliphatic heterocycles. The van der Waals surface area contributed by atoms with Crippen LogP contribution in [-0.4, -0.2) is 44.6 Å². The van der Waals surface area contributed by atoms with Crippen molar-refractivity contribution >= 4 is 0 Å². The highest BCUT2D eigenvalue weighted by atomic mass is 19.2. The minimum Gasteiger partial charge on any atom is -0.382 e. The Morgan fingerprint density at radius 1 is 1.29 bits per heavy atom. The summed E-state index contributed by atoms with van der Waals surface area (Å²) >= 11 is 0. The second-order valence-corrected chi connectivity index (χ2v) is 6.73. The molecule has 3 rings (SSSR count). The second kappa shape index (κ2) is 6.57. The monoisotopic (exact) mass is 336 g/mol. The summed E-state index contributed by atoms with van der Waals surface area (Å²) in [6.45, 7) is 5.88. The molecule has 130 valence electrons. The Labute approximate surface area is 139 Å². The van der Waals surface area contributed by atoms with Gasteiger partial charge in [-0.15, -0.1) is 5.10 Å². The first-order valence-corrected chi connectivity index (χ1v) is 8.18. The van der Waals surface area contributed by atoms with Crippen molar-refractivity contribution in [1.82, 2.24) is 19.9 Å². The van der Waals surface area contributed by atoms with Gasteiger partial charge in [-0.2, -0.15) is 0 Å². The summed E-state index contributed by atoms with van der Waals surface area (Å²) in [5.41, 5.74) is 0.336. The standard InChI is InChI=1S/C17H22F2N4O/c1-12(2)23-10-16(20-21-23)17(24)6-8-22(11-17)7-5-13-3-4-14(18)15(19)9-13/h3-4,9-10,12,24H,5-8,11H2,1-2H3. The van der Waals surface area contributed by atoms with Crippen molar-refractivity contribution in [3.8, 4) is 0 Å². The van der Waals surface area contributed by atoms with E-state index in [-0.39, 0.29) is 6.04 Å². The number of hydrogen-bond acceptors (Lipinski definition) is 4. The summed E-state index contributed by atoms with van der Waals surface area (Å²) in [6, 6.07) is 4.16.